The van der Waals surface area contributed by atoms with E-state index in [1.165, 1.54) is 16.9 Å². The second-order valence-electron chi connectivity index (χ2n) is 5.91. The Kier molecular flexibility index (Phi) is 4.93. The molecule has 2 aromatic rings. The van der Waals surface area contributed by atoms with E-state index in [4.69, 9.17) is 9.47 Å². The summed E-state index contributed by atoms with van der Waals surface area (Å²) in [6.45, 7) is 5.78. The van der Waals surface area contributed by atoms with Gasteiger partial charge in [0.25, 0.3) is 0 Å². The van der Waals surface area contributed by atoms with E-state index < -0.39 is 0 Å². The van der Waals surface area contributed by atoms with Crippen LogP contribution in [0.4, 0.5) is 11.4 Å². The Balaban J connectivity index is 2.11. The average Bonchev–Trinajstić information content (AvgIpc) is 2.51. The van der Waals surface area contributed by atoms with Crippen LogP contribution in [0.1, 0.15) is 18.1 Å². The monoisotopic (exact) mass is 375 g/mol. The Bertz CT molecular complexity index is 702. The molecule has 1 aliphatic heterocycles. The minimum Gasteiger partial charge on any atom is -0.496 e. The quantitative estimate of drug-likeness (QED) is 0.747. The minimum atomic E-state index is 0.233. The van der Waals surface area contributed by atoms with Crippen LogP contribution < -0.4 is 9.64 Å². The zero-order valence-electron chi connectivity index (χ0n) is 13.8. The SMILES string of the molecule is COc1cccc(N2CCOC(C)Cc3cc(Br)ccc32)c1C. The largest absolute Gasteiger partial charge is 0.496 e. The van der Waals surface area contributed by atoms with Gasteiger partial charge in [-0.25, -0.2) is 0 Å². The van der Waals surface area contributed by atoms with Crippen molar-refractivity contribution in [3.05, 3.63) is 52.0 Å². The van der Waals surface area contributed by atoms with Gasteiger partial charge in [0.05, 0.1) is 19.8 Å². The Morgan fingerprint density at radius 3 is 2.83 bits per heavy atom. The van der Waals surface area contributed by atoms with Crippen LogP contribution in [-0.2, 0) is 11.2 Å². The van der Waals surface area contributed by atoms with Crippen LogP contribution in [0.3, 0.4) is 0 Å². The summed E-state index contributed by atoms with van der Waals surface area (Å²) < 4.78 is 12.5. The maximum absolute atomic E-state index is 5.94. The zero-order valence-corrected chi connectivity index (χ0v) is 15.4. The van der Waals surface area contributed by atoms with Crippen molar-refractivity contribution in [2.75, 3.05) is 25.2 Å². The molecule has 2 aromatic carbocycles. The molecule has 0 saturated heterocycles. The molecule has 3 nitrogen and oxygen atoms in total. The Morgan fingerprint density at radius 1 is 1.22 bits per heavy atom. The van der Waals surface area contributed by atoms with Gasteiger partial charge < -0.3 is 14.4 Å². The first-order valence-electron chi connectivity index (χ1n) is 7.91. The molecule has 0 bridgehead atoms. The third-order valence-electron chi connectivity index (χ3n) is 4.32. The molecule has 23 heavy (non-hydrogen) atoms. The average molecular weight is 376 g/mol. The molecular weight excluding hydrogens is 354 g/mol. The number of nitrogens with zero attached hydrogens (tertiary/aromatic N) is 1. The second kappa shape index (κ2) is 6.93. The van der Waals surface area contributed by atoms with E-state index >= 15 is 0 Å². The molecule has 1 unspecified atom stereocenters. The lowest BCUT2D eigenvalue weighted by atomic mass is 10.0. The highest BCUT2D eigenvalue weighted by atomic mass is 79.9. The lowest BCUT2D eigenvalue weighted by molar-refractivity contribution is 0.0703. The molecule has 0 saturated carbocycles. The summed E-state index contributed by atoms with van der Waals surface area (Å²) in [7, 11) is 1.72. The lowest BCUT2D eigenvalue weighted by Gasteiger charge is -2.32. The standard InChI is InChI=1S/C19H22BrNO2/c1-13-11-15-12-16(20)7-8-18(15)21(9-10-23-13)17-5-4-6-19(22-3)14(17)2/h4-8,12-13H,9-11H2,1-3H3. The van der Waals surface area contributed by atoms with Crippen molar-refractivity contribution in [2.45, 2.75) is 26.4 Å². The first kappa shape index (κ1) is 16.3. The first-order chi connectivity index (χ1) is 11.1. The molecule has 4 heteroatoms. The Hall–Kier alpha value is -1.52. The van der Waals surface area contributed by atoms with Crippen LogP contribution in [-0.4, -0.2) is 26.4 Å². The van der Waals surface area contributed by atoms with Crippen molar-refractivity contribution >= 4 is 27.3 Å². The van der Waals surface area contributed by atoms with E-state index in [1.54, 1.807) is 7.11 Å². The van der Waals surface area contributed by atoms with E-state index in [1.807, 2.05) is 12.1 Å². The summed E-state index contributed by atoms with van der Waals surface area (Å²) >= 11 is 3.59. The molecule has 1 heterocycles. The Morgan fingerprint density at radius 2 is 2.04 bits per heavy atom. The zero-order chi connectivity index (χ0) is 16.4. The molecule has 0 aromatic heterocycles. The van der Waals surface area contributed by atoms with Crippen molar-refractivity contribution in [1.29, 1.82) is 0 Å². The molecule has 3 rings (SSSR count). The van der Waals surface area contributed by atoms with Gasteiger partial charge in [0, 0.05) is 34.4 Å². The number of fused-ring (bicyclic) bond motifs is 1. The summed E-state index contributed by atoms with van der Waals surface area (Å²) in [5.74, 6) is 0.914. The van der Waals surface area contributed by atoms with Crippen LogP contribution >= 0.6 is 15.9 Å². The van der Waals surface area contributed by atoms with Crippen LogP contribution in [0.25, 0.3) is 0 Å². The van der Waals surface area contributed by atoms with Crippen molar-refractivity contribution in [2.24, 2.45) is 0 Å². The summed E-state index contributed by atoms with van der Waals surface area (Å²) in [6, 6.07) is 12.7. The van der Waals surface area contributed by atoms with Crippen molar-refractivity contribution in [3.63, 3.8) is 0 Å². The highest BCUT2D eigenvalue weighted by Gasteiger charge is 2.21. The second-order valence-corrected chi connectivity index (χ2v) is 6.83. The van der Waals surface area contributed by atoms with Gasteiger partial charge in [-0.3, -0.25) is 0 Å². The highest BCUT2D eigenvalue weighted by Crippen LogP contribution is 2.37. The molecular formula is C19H22BrNO2. The van der Waals surface area contributed by atoms with Gasteiger partial charge in [0.15, 0.2) is 0 Å². The molecule has 0 amide bonds. The summed E-state index contributed by atoms with van der Waals surface area (Å²) in [5.41, 5.74) is 4.87. The van der Waals surface area contributed by atoms with Crippen LogP contribution in [0, 0.1) is 6.92 Å². The number of rotatable bonds is 2. The van der Waals surface area contributed by atoms with Gasteiger partial charge in [0.1, 0.15) is 5.75 Å². The minimum absolute atomic E-state index is 0.233. The van der Waals surface area contributed by atoms with E-state index in [9.17, 15) is 0 Å². The Labute approximate surface area is 146 Å². The maximum Gasteiger partial charge on any atom is 0.123 e. The fourth-order valence-corrected chi connectivity index (χ4v) is 3.59. The predicted molar refractivity (Wildman–Crippen MR) is 98.0 cm³/mol. The number of benzene rings is 2. The lowest BCUT2D eigenvalue weighted by Crippen LogP contribution is -2.29. The number of hydrogen-bond donors (Lipinski definition) is 0. The van der Waals surface area contributed by atoms with Gasteiger partial charge in [-0.05, 0) is 49.7 Å². The molecule has 122 valence electrons. The molecule has 0 N–H and O–H groups in total. The van der Waals surface area contributed by atoms with Gasteiger partial charge in [-0.15, -0.1) is 0 Å². The third-order valence-corrected chi connectivity index (χ3v) is 4.82. The summed E-state index contributed by atoms with van der Waals surface area (Å²) in [6.07, 6.45) is 1.14. The fraction of sp³-hybridized carbons (Fsp3) is 0.368. The number of halogens is 1. The molecule has 1 aliphatic rings. The van der Waals surface area contributed by atoms with E-state index in [2.05, 4.69) is 58.9 Å². The maximum atomic E-state index is 5.94. The normalized spacial score (nSPS) is 18.1. The van der Waals surface area contributed by atoms with E-state index in [-0.39, 0.29) is 6.10 Å². The smallest absolute Gasteiger partial charge is 0.123 e. The summed E-state index contributed by atoms with van der Waals surface area (Å²) in [5, 5.41) is 0. The van der Waals surface area contributed by atoms with E-state index in [0.717, 1.165) is 28.8 Å². The van der Waals surface area contributed by atoms with Crippen molar-refractivity contribution < 1.29 is 9.47 Å². The van der Waals surface area contributed by atoms with Crippen LogP contribution in [0.15, 0.2) is 40.9 Å². The van der Waals surface area contributed by atoms with Gasteiger partial charge in [0.2, 0.25) is 0 Å². The van der Waals surface area contributed by atoms with Gasteiger partial charge >= 0.3 is 0 Å². The molecule has 0 fully saturated rings. The predicted octanol–water partition coefficient (Wildman–Crippen LogP) is 4.87. The van der Waals surface area contributed by atoms with Crippen LogP contribution in [0.2, 0.25) is 0 Å². The van der Waals surface area contributed by atoms with Crippen molar-refractivity contribution in [1.82, 2.24) is 0 Å². The van der Waals surface area contributed by atoms with Gasteiger partial charge in [-0.2, -0.15) is 0 Å². The number of anilines is 2. The van der Waals surface area contributed by atoms with Crippen molar-refractivity contribution in [3.8, 4) is 5.75 Å². The molecule has 1 atom stereocenters. The molecule has 0 aliphatic carbocycles. The topological polar surface area (TPSA) is 21.7 Å². The third kappa shape index (κ3) is 3.38. The first-order valence-corrected chi connectivity index (χ1v) is 8.70. The summed E-state index contributed by atoms with van der Waals surface area (Å²) in [4.78, 5) is 2.34. The highest BCUT2D eigenvalue weighted by molar-refractivity contribution is 9.10. The fourth-order valence-electron chi connectivity index (χ4n) is 3.18. The van der Waals surface area contributed by atoms with Crippen LogP contribution in [0.5, 0.6) is 5.75 Å². The van der Waals surface area contributed by atoms with E-state index in [0.29, 0.717) is 6.61 Å². The number of hydrogen-bond acceptors (Lipinski definition) is 3. The molecule has 0 spiro atoms. The number of methoxy groups -OCH3 is 1. The number of ether oxygens (including phenoxy) is 2. The molecule has 0 radical (unpaired) electrons. The van der Waals surface area contributed by atoms with Gasteiger partial charge in [-0.1, -0.05) is 22.0 Å².